The van der Waals surface area contributed by atoms with E-state index in [9.17, 15) is 9.90 Å². The number of amides is 1. The number of nitrogens with zero attached hydrogens (tertiary/aromatic N) is 3. The van der Waals surface area contributed by atoms with Crippen LogP contribution in [0, 0.1) is 0 Å². The van der Waals surface area contributed by atoms with E-state index in [0.717, 1.165) is 5.69 Å². The molecule has 7 heteroatoms. The molecule has 1 atom stereocenters. The summed E-state index contributed by atoms with van der Waals surface area (Å²) in [6.45, 7) is 0.0285. The molecule has 0 aliphatic heterocycles. The van der Waals surface area contributed by atoms with Crippen molar-refractivity contribution in [3.63, 3.8) is 0 Å². The summed E-state index contributed by atoms with van der Waals surface area (Å²) in [7, 11) is 0. The van der Waals surface area contributed by atoms with Gasteiger partial charge in [0.25, 0.3) is 5.91 Å². The number of aliphatic hydroxyl groups excluding tert-OH is 1. The molecule has 1 aromatic heterocycles. The van der Waals surface area contributed by atoms with Crippen molar-refractivity contribution >= 4 is 17.5 Å². The highest BCUT2D eigenvalue weighted by Gasteiger charge is 2.15. The van der Waals surface area contributed by atoms with Crippen LogP contribution in [0.15, 0.2) is 60.8 Å². The van der Waals surface area contributed by atoms with Gasteiger partial charge in [-0.05, 0) is 18.2 Å². The first-order valence-electron chi connectivity index (χ1n) is 7.33. The van der Waals surface area contributed by atoms with Crippen LogP contribution >= 0.6 is 11.6 Å². The number of para-hydroxylation sites is 1. The van der Waals surface area contributed by atoms with Crippen LogP contribution < -0.4 is 5.32 Å². The second kappa shape index (κ2) is 7.25. The van der Waals surface area contributed by atoms with Gasteiger partial charge in [-0.25, -0.2) is 4.68 Å². The molecule has 0 saturated heterocycles. The summed E-state index contributed by atoms with van der Waals surface area (Å²) in [5.41, 5.74) is 1.54. The van der Waals surface area contributed by atoms with Gasteiger partial charge in [0.05, 0.1) is 18.0 Å². The monoisotopic (exact) mass is 342 g/mol. The summed E-state index contributed by atoms with van der Waals surface area (Å²) in [5.74, 6) is -0.414. The van der Waals surface area contributed by atoms with E-state index in [1.165, 1.54) is 10.9 Å². The van der Waals surface area contributed by atoms with Crippen molar-refractivity contribution in [2.45, 2.75) is 6.10 Å². The van der Waals surface area contributed by atoms with Gasteiger partial charge in [0.2, 0.25) is 0 Å². The van der Waals surface area contributed by atoms with Gasteiger partial charge in [-0.1, -0.05) is 53.2 Å². The molecule has 2 aromatic carbocycles. The highest BCUT2D eigenvalue weighted by Crippen LogP contribution is 2.21. The molecule has 122 valence electrons. The number of hydrogen-bond acceptors (Lipinski definition) is 4. The fraction of sp³-hybridized carbons (Fsp3) is 0.118. The van der Waals surface area contributed by atoms with Crippen molar-refractivity contribution in [1.82, 2.24) is 20.3 Å². The lowest BCUT2D eigenvalue weighted by Gasteiger charge is -2.12. The second-order valence-corrected chi connectivity index (χ2v) is 5.54. The van der Waals surface area contributed by atoms with Gasteiger partial charge in [0.1, 0.15) is 0 Å². The average molecular weight is 343 g/mol. The minimum absolute atomic E-state index is 0.0285. The van der Waals surface area contributed by atoms with Gasteiger partial charge in [-0.3, -0.25) is 4.79 Å². The topological polar surface area (TPSA) is 80.0 Å². The van der Waals surface area contributed by atoms with Gasteiger partial charge in [0.15, 0.2) is 5.69 Å². The number of carbonyl (C=O) groups excluding carboxylic acids is 1. The SMILES string of the molecule is O=C(NCC(O)c1ccccc1Cl)c1cn(-c2ccccc2)nn1. The fourth-order valence-electron chi connectivity index (χ4n) is 2.21. The van der Waals surface area contributed by atoms with Gasteiger partial charge in [-0.2, -0.15) is 0 Å². The first-order valence-corrected chi connectivity index (χ1v) is 7.71. The number of aliphatic hydroxyl groups is 1. The molecule has 6 nitrogen and oxygen atoms in total. The van der Waals surface area contributed by atoms with E-state index in [4.69, 9.17) is 11.6 Å². The standard InChI is InChI=1S/C17H15ClN4O2/c18-14-9-5-4-8-13(14)16(23)10-19-17(24)15-11-22(21-20-15)12-6-2-1-3-7-12/h1-9,11,16,23H,10H2,(H,19,24). The quantitative estimate of drug-likeness (QED) is 0.746. The second-order valence-electron chi connectivity index (χ2n) is 5.13. The largest absolute Gasteiger partial charge is 0.387 e. The van der Waals surface area contributed by atoms with E-state index in [2.05, 4.69) is 15.6 Å². The van der Waals surface area contributed by atoms with E-state index in [1.807, 2.05) is 30.3 Å². The third-order valence-electron chi connectivity index (χ3n) is 3.47. The van der Waals surface area contributed by atoms with Crippen molar-refractivity contribution in [1.29, 1.82) is 0 Å². The van der Waals surface area contributed by atoms with Crippen LogP contribution in [0.25, 0.3) is 5.69 Å². The van der Waals surface area contributed by atoms with Crippen LogP contribution in [0.1, 0.15) is 22.2 Å². The number of nitrogens with one attached hydrogen (secondary N) is 1. The predicted molar refractivity (Wildman–Crippen MR) is 90.1 cm³/mol. The lowest BCUT2D eigenvalue weighted by Crippen LogP contribution is -2.28. The third-order valence-corrected chi connectivity index (χ3v) is 3.81. The molecule has 3 aromatic rings. The van der Waals surface area contributed by atoms with Gasteiger partial charge in [0, 0.05) is 17.1 Å². The van der Waals surface area contributed by atoms with Crippen molar-refractivity contribution in [2.24, 2.45) is 0 Å². The Bertz CT molecular complexity index is 835. The normalized spacial score (nSPS) is 11.9. The lowest BCUT2D eigenvalue weighted by atomic mass is 10.1. The Balaban J connectivity index is 1.64. The maximum absolute atomic E-state index is 12.1. The summed E-state index contributed by atoms with van der Waals surface area (Å²) in [4.78, 5) is 12.1. The van der Waals surface area contributed by atoms with Crippen LogP contribution in [-0.4, -0.2) is 32.6 Å². The summed E-state index contributed by atoms with van der Waals surface area (Å²) in [6.07, 6.45) is 0.638. The molecule has 0 aliphatic rings. The Hall–Kier alpha value is -2.70. The minimum atomic E-state index is -0.896. The molecule has 1 unspecified atom stereocenters. The molecular formula is C17H15ClN4O2. The molecule has 0 fully saturated rings. The molecule has 0 aliphatic carbocycles. The zero-order valence-corrected chi connectivity index (χ0v) is 13.4. The number of hydrogen-bond donors (Lipinski definition) is 2. The van der Waals surface area contributed by atoms with Crippen LogP contribution in [0.4, 0.5) is 0 Å². The van der Waals surface area contributed by atoms with Gasteiger partial charge < -0.3 is 10.4 Å². The Morgan fingerprint density at radius 1 is 1.17 bits per heavy atom. The van der Waals surface area contributed by atoms with E-state index in [1.54, 1.807) is 24.3 Å². The zero-order chi connectivity index (χ0) is 16.9. The zero-order valence-electron chi connectivity index (χ0n) is 12.6. The van der Waals surface area contributed by atoms with Crippen molar-refractivity contribution < 1.29 is 9.90 Å². The Morgan fingerprint density at radius 2 is 1.88 bits per heavy atom. The summed E-state index contributed by atoms with van der Waals surface area (Å²) in [6, 6.07) is 16.3. The molecule has 2 N–H and O–H groups in total. The van der Waals surface area contributed by atoms with Crippen LogP contribution in [0.2, 0.25) is 5.02 Å². The lowest BCUT2D eigenvalue weighted by molar-refractivity contribution is 0.0911. The van der Waals surface area contributed by atoms with Crippen LogP contribution in [-0.2, 0) is 0 Å². The first-order chi connectivity index (χ1) is 11.6. The third kappa shape index (κ3) is 3.61. The maximum atomic E-state index is 12.1. The maximum Gasteiger partial charge on any atom is 0.273 e. The highest BCUT2D eigenvalue weighted by molar-refractivity contribution is 6.31. The molecule has 0 saturated carbocycles. The molecule has 0 spiro atoms. The van der Waals surface area contributed by atoms with Crippen molar-refractivity contribution in [3.05, 3.63) is 77.1 Å². The Labute approximate surface area is 143 Å². The molecule has 24 heavy (non-hydrogen) atoms. The molecule has 3 rings (SSSR count). The molecule has 1 heterocycles. The first kappa shape index (κ1) is 16.2. The molecule has 1 amide bonds. The van der Waals surface area contributed by atoms with Crippen molar-refractivity contribution in [2.75, 3.05) is 6.54 Å². The number of carbonyl (C=O) groups is 1. The number of benzene rings is 2. The molecular weight excluding hydrogens is 328 g/mol. The van der Waals surface area contributed by atoms with Gasteiger partial charge >= 0.3 is 0 Å². The smallest absolute Gasteiger partial charge is 0.273 e. The van der Waals surface area contributed by atoms with E-state index in [0.29, 0.717) is 10.6 Å². The summed E-state index contributed by atoms with van der Waals surface area (Å²) in [5, 5.41) is 21.0. The van der Waals surface area contributed by atoms with Crippen LogP contribution in [0.3, 0.4) is 0 Å². The number of aromatic nitrogens is 3. The van der Waals surface area contributed by atoms with E-state index < -0.39 is 12.0 Å². The number of rotatable bonds is 5. The Morgan fingerprint density at radius 3 is 2.62 bits per heavy atom. The molecule has 0 radical (unpaired) electrons. The van der Waals surface area contributed by atoms with Crippen molar-refractivity contribution in [3.8, 4) is 5.69 Å². The van der Waals surface area contributed by atoms with Gasteiger partial charge in [-0.15, -0.1) is 5.10 Å². The van der Waals surface area contributed by atoms with Crippen LogP contribution in [0.5, 0.6) is 0 Å². The summed E-state index contributed by atoms with van der Waals surface area (Å²) < 4.78 is 1.51. The van der Waals surface area contributed by atoms with E-state index >= 15 is 0 Å². The molecule has 0 bridgehead atoms. The average Bonchev–Trinajstić information content (AvgIpc) is 3.11. The van der Waals surface area contributed by atoms with E-state index in [-0.39, 0.29) is 12.2 Å². The number of halogens is 1. The Kier molecular flexibility index (Phi) is 4.88. The summed E-state index contributed by atoms with van der Waals surface area (Å²) >= 11 is 6.02. The fourth-order valence-corrected chi connectivity index (χ4v) is 2.47. The minimum Gasteiger partial charge on any atom is -0.387 e. The highest BCUT2D eigenvalue weighted by atomic mass is 35.5. The predicted octanol–water partition coefficient (Wildman–Crippen LogP) is 2.38.